The van der Waals surface area contributed by atoms with Crippen molar-refractivity contribution in [2.75, 3.05) is 5.32 Å². The molecular formula is C28H23BrClFN4O2. The average Bonchev–Trinajstić information content (AvgIpc) is 2.89. The fraction of sp³-hybridized carbons (Fsp3) is 0.214. The number of pyridine rings is 1. The molecule has 0 fully saturated rings. The van der Waals surface area contributed by atoms with Crippen molar-refractivity contribution >= 4 is 39.1 Å². The second-order valence-electron chi connectivity index (χ2n) is 9.14. The summed E-state index contributed by atoms with van der Waals surface area (Å²) in [7, 11) is 0. The van der Waals surface area contributed by atoms with Gasteiger partial charge in [-0.05, 0) is 66.9 Å². The van der Waals surface area contributed by atoms with Crippen molar-refractivity contribution in [2.45, 2.75) is 32.2 Å². The van der Waals surface area contributed by atoms with E-state index in [-0.39, 0.29) is 17.4 Å². The lowest BCUT2D eigenvalue weighted by Gasteiger charge is -2.23. The Hall–Kier alpha value is -3.36. The van der Waals surface area contributed by atoms with Crippen molar-refractivity contribution in [1.82, 2.24) is 14.5 Å². The first-order valence-corrected chi connectivity index (χ1v) is 13.1. The largest absolute Gasteiger partial charge is 0.325 e. The van der Waals surface area contributed by atoms with E-state index in [0.29, 0.717) is 58.1 Å². The Morgan fingerprint density at radius 2 is 1.86 bits per heavy atom. The number of benzene rings is 2. The molecule has 188 valence electrons. The van der Waals surface area contributed by atoms with E-state index in [1.807, 2.05) is 19.1 Å². The molecule has 1 aliphatic heterocycles. The molecule has 9 heteroatoms. The molecule has 1 amide bonds. The summed E-state index contributed by atoms with van der Waals surface area (Å²) in [6, 6.07) is 14.3. The maximum Gasteiger partial charge on any atom is 0.254 e. The van der Waals surface area contributed by atoms with Gasteiger partial charge in [0.25, 0.3) is 5.56 Å². The molecule has 0 spiro atoms. The minimum Gasteiger partial charge on any atom is -0.325 e. The Bertz CT molecular complexity index is 1560. The van der Waals surface area contributed by atoms with Gasteiger partial charge in [-0.15, -0.1) is 0 Å². The number of carbonyl (C=O) groups is 1. The molecule has 0 unspecified atom stereocenters. The van der Waals surface area contributed by atoms with Gasteiger partial charge in [0.05, 0.1) is 23.8 Å². The van der Waals surface area contributed by atoms with Gasteiger partial charge in [0, 0.05) is 44.5 Å². The van der Waals surface area contributed by atoms with Crippen molar-refractivity contribution in [2.24, 2.45) is 5.92 Å². The lowest BCUT2D eigenvalue weighted by molar-refractivity contribution is -0.119. The van der Waals surface area contributed by atoms with Crippen LogP contribution in [0, 0.1) is 11.7 Å². The van der Waals surface area contributed by atoms with Crippen molar-refractivity contribution in [3.05, 3.63) is 98.5 Å². The molecule has 0 aliphatic carbocycles. The molecule has 37 heavy (non-hydrogen) atoms. The quantitative estimate of drug-likeness (QED) is 0.280. The van der Waals surface area contributed by atoms with Gasteiger partial charge in [-0.25, -0.2) is 9.37 Å². The number of carbonyl (C=O) groups excluding carboxylic acids is 1. The molecule has 2 aromatic carbocycles. The fourth-order valence-electron chi connectivity index (χ4n) is 4.58. The summed E-state index contributed by atoms with van der Waals surface area (Å²) in [6.45, 7) is 1.86. The predicted molar refractivity (Wildman–Crippen MR) is 146 cm³/mol. The maximum atomic E-state index is 14.2. The van der Waals surface area contributed by atoms with Gasteiger partial charge in [0.1, 0.15) is 5.82 Å². The summed E-state index contributed by atoms with van der Waals surface area (Å²) in [5.41, 5.74) is 3.41. The molecule has 5 rings (SSSR count). The van der Waals surface area contributed by atoms with Crippen molar-refractivity contribution in [3.63, 3.8) is 0 Å². The first-order chi connectivity index (χ1) is 17.8. The third-order valence-electron chi connectivity index (χ3n) is 6.61. The Kier molecular flexibility index (Phi) is 7.22. The van der Waals surface area contributed by atoms with Crippen LogP contribution in [-0.2, 0) is 4.79 Å². The summed E-state index contributed by atoms with van der Waals surface area (Å²) in [5.74, 6) is -0.803. The van der Waals surface area contributed by atoms with E-state index in [2.05, 4.69) is 31.2 Å². The summed E-state index contributed by atoms with van der Waals surface area (Å²) in [6.07, 6.45) is 5.05. The molecule has 0 saturated carbocycles. The van der Waals surface area contributed by atoms with Gasteiger partial charge < -0.3 is 5.32 Å². The zero-order valence-electron chi connectivity index (χ0n) is 19.9. The fourth-order valence-corrected chi connectivity index (χ4v) is 5.20. The summed E-state index contributed by atoms with van der Waals surface area (Å²) < 4.78 is 16.6. The van der Waals surface area contributed by atoms with Crippen LogP contribution in [0.5, 0.6) is 0 Å². The Labute approximate surface area is 226 Å². The molecule has 2 bridgehead atoms. The lowest BCUT2D eigenvalue weighted by Crippen LogP contribution is -2.27. The first-order valence-electron chi connectivity index (χ1n) is 11.9. The molecule has 4 aromatic rings. The molecule has 6 nitrogen and oxygen atoms in total. The Balaban J connectivity index is 1.61. The van der Waals surface area contributed by atoms with E-state index in [1.165, 1.54) is 24.5 Å². The standard InChI is InChI=1S/C28H23BrClFN4O2/c1-16-3-2-4-26(35-15-33-24(14-27(35)36)21-12-18(30)5-7-22(21)29)25-11-17(9-10-32-25)20-13-19(31)6-8-23(20)34-28(16)37/h5-16,26H,2-4H2,1H3,(H,34,37)/t16-,26+/m1/s1. The zero-order chi connectivity index (χ0) is 26.1. The Morgan fingerprint density at radius 1 is 1.03 bits per heavy atom. The number of hydrogen-bond donors (Lipinski definition) is 1. The third kappa shape index (κ3) is 5.36. The van der Waals surface area contributed by atoms with E-state index in [9.17, 15) is 14.0 Å². The number of halogens is 3. The highest BCUT2D eigenvalue weighted by atomic mass is 79.9. The summed E-state index contributed by atoms with van der Waals surface area (Å²) in [4.78, 5) is 35.3. The highest BCUT2D eigenvalue weighted by Crippen LogP contribution is 2.34. The number of anilines is 1. The van der Waals surface area contributed by atoms with Crippen molar-refractivity contribution < 1.29 is 9.18 Å². The molecular weight excluding hydrogens is 559 g/mol. The van der Waals surface area contributed by atoms with Gasteiger partial charge in [-0.1, -0.05) is 40.9 Å². The zero-order valence-corrected chi connectivity index (χ0v) is 22.3. The second-order valence-corrected chi connectivity index (χ2v) is 10.4. The monoisotopic (exact) mass is 580 g/mol. The van der Waals surface area contributed by atoms with Crippen LogP contribution in [0.4, 0.5) is 10.1 Å². The molecule has 0 radical (unpaired) electrons. The number of nitrogens with one attached hydrogen (secondary N) is 1. The predicted octanol–water partition coefficient (Wildman–Crippen LogP) is 6.88. The number of amides is 1. The van der Waals surface area contributed by atoms with Crippen LogP contribution >= 0.6 is 27.5 Å². The minimum absolute atomic E-state index is 0.130. The molecule has 2 atom stereocenters. The smallest absolute Gasteiger partial charge is 0.254 e. The van der Waals surface area contributed by atoms with E-state index in [0.717, 1.165) is 4.47 Å². The molecule has 1 aliphatic rings. The molecule has 0 saturated heterocycles. The normalized spacial score (nSPS) is 17.8. The molecule has 1 N–H and O–H groups in total. The van der Waals surface area contributed by atoms with Crippen LogP contribution in [0.2, 0.25) is 5.02 Å². The second kappa shape index (κ2) is 10.6. The lowest BCUT2D eigenvalue weighted by atomic mass is 9.95. The van der Waals surface area contributed by atoms with Crippen molar-refractivity contribution in [1.29, 1.82) is 0 Å². The van der Waals surface area contributed by atoms with Gasteiger partial charge in [0.15, 0.2) is 0 Å². The van der Waals surface area contributed by atoms with Crippen LogP contribution in [-0.4, -0.2) is 20.4 Å². The summed E-state index contributed by atoms with van der Waals surface area (Å²) in [5, 5.41) is 3.48. The van der Waals surface area contributed by atoms with E-state index in [4.69, 9.17) is 11.6 Å². The molecule has 3 heterocycles. The van der Waals surface area contributed by atoms with Crippen molar-refractivity contribution in [3.8, 4) is 22.4 Å². The van der Waals surface area contributed by atoms with Crippen LogP contribution in [0.25, 0.3) is 22.4 Å². The third-order valence-corrected chi connectivity index (χ3v) is 7.54. The topological polar surface area (TPSA) is 76.9 Å². The van der Waals surface area contributed by atoms with Gasteiger partial charge in [0.2, 0.25) is 5.91 Å². The van der Waals surface area contributed by atoms with Gasteiger partial charge in [-0.2, -0.15) is 0 Å². The average molecular weight is 582 g/mol. The minimum atomic E-state index is -0.413. The van der Waals surface area contributed by atoms with E-state index >= 15 is 0 Å². The number of hydrogen-bond acceptors (Lipinski definition) is 4. The van der Waals surface area contributed by atoms with Crippen LogP contribution in [0.15, 0.2) is 76.4 Å². The van der Waals surface area contributed by atoms with Gasteiger partial charge in [-0.3, -0.25) is 19.1 Å². The van der Waals surface area contributed by atoms with Crippen LogP contribution in [0.1, 0.15) is 37.9 Å². The maximum absolute atomic E-state index is 14.2. The Morgan fingerprint density at radius 3 is 2.68 bits per heavy atom. The SMILES string of the molecule is C[C@@H]1CCC[C@H](n2cnc(-c3cc(Cl)ccc3Br)cc2=O)c2cc(ccn2)-c2cc(F)ccc2NC1=O. The highest BCUT2D eigenvalue weighted by Gasteiger charge is 2.23. The highest BCUT2D eigenvalue weighted by molar-refractivity contribution is 9.10. The number of aromatic nitrogens is 3. The van der Waals surface area contributed by atoms with E-state index < -0.39 is 11.9 Å². The first kappa shape index (κ1) is 25.3. The van der Waals surface area contributed by atoms with Crippen LogP contribution < -0.4 is 10.9 Å². The summed E-state index contributed by atoms with van der Waals surface area (Å²) >= 11 is 9.66. The number of nitrogens with zero attached hydrogens (tertiary/aromatic N) is 3. The number of rotatable bonds is 2. The van der Waals surface area contributed by atoms with Crippen LogP contribution in [0.3, 0.4) is 0 Å². The van der Waals surface area contributed by atoms with E-state index in [1.54, 1.807) is 35.0 Å². The van der Waals surface area contributed by atoms with Gasteiger partial charge >= 0.3 is 0 Å². The number of fused-ring (bicyclic) bond motifs is 4. The molecule has 2 aromatic heterocycles.